The molecule has 0 radical (unpaired) electrons. The Morgan fingerprint density at radius 1 is 0.967 bits per heavy atom. The number of benzene rings is 2. The second-order valence-electron chi connectivity index (χ2n) is 7.97. The molecule has 6 heteroatoms. The van der Waals surface area contributed by atoms with Gasteiger partial charge in [-0.15, -0.1) is 0 Å². The molecule has 0 aromatic heterocycles. The van der Waals surface area contributed by atoms with Gasteiger partial charge in [0.05, 0.1) is 18.8 Å². The van der Waals surface area contributed by atoms with Crippen LogP contribution in [-0.2, 0) is 11.3 Å². The van der Waals surface area contributed by atoms with Crippen molar-refractivity contribution in [1.82, 2.24) is 9.80 Å². The highest BCUT2D eigenvalue weighted by Gasteiger charge is 2.22. The third kappa shape index (κ3) is 5.66. The highest BCUT2D eigenvalue weighted by Crippen LogP contribution is 2.28. The minimum Gasteiger partial charge on any atom is -0.492 e. The first-order valence-electron chi connectivity index (χ1n) is 10.7. The van der Waals surface area contributed by atoms with E-state index < -0.39 is 0 Å². The molecule has 0 aliphatic carbocycles. The minimum atomic E-state index is 0.162. The van der Waals surface area contributed by atoms with Gasteiger partial charge in [0.2, 0.25) is 5.91 Å². The first-order chi connectivity index (χ1) is 14.5. The molecule has 1 saturated heterocycles. The zero-order chi connectivity index (χ0) is 21.5. The van der Waals surface area contributed by atoms with Crippen LogP contribution in [0.5, 0.6) is 5.75 Å². The van der Waals surface area contributed by atoms with E-state index in [1.807, 2.05) is 51.2 Å². The summed E-state index contributed by atoms with van der Waals surface area (Å²) in [5.41, 5.74) is 3.45. The Morgan fingerprint density at radius 3 is 2.27 bits per heavy atom. The fourth-order valence-electron chi connectivity index (χ4n) is 3.72. The van der Waals surface area contributed by atoms with Crippen molar-refractivity contribution in [2.75, 3.05) is 70.3 Å². The lowest BCUT2D eigenvalue weighted by Gasteiger charge is -2.36. The van der Waals surface area contributed by atoms with E-state index in [1.165, 1.54) is 0 Å². The van der Waals surface area contributed by atoms with Gasteiger partial charge in [0.1, 0.15) is 5.75 Å². The zero-order valence-corrected chi connectivity index (χ0v) is 18.7. The van der Waals surface area contributed by atoms with Crippen LogP contribution in [0.1, 0.15) is 12.5 Å². The molecule has 0 unspecified atom stereocenters. The van der Waals surface area contributed by atoms with E-state index >= 15 is 0 Å². The summed E-state index contributed by atoms with van der Waals surface area (Å²) >= 11 is 0. The van der Waals surface area contributed by atoms with Crippen LogP contribution < -0.4 is 14.5 Å². The molecule has 1 aliphatic heterocycles. The number of piperazine rings is 1. The Hall–Kier alpha value is -2.73. The smallest absolute Gasteiger partial charge is 0.236 e. The number of carbonyl (C=O) groups is 1. The molecule has 2 aromatic rings. The van der Waals surface area contributed by atoms with E-state index in [-0.39, 0.29) is 5.91 Å². The number of amides is 1. The van der Waals surface area contributed by atoms with E-state index in [9.17, 15) is 4.79 Å². The van der Waals surface area contributed by atoms with E-state index in [4.69, 9.17) is 4.74 Å². The summed E-state index contributed by atoms with van der Waals surface area (Å²) in [6.45, 7) is 7.31. The topological polar surface area (TPSA) is 39.3 Å². The summed E-state index contributed by atoms with van der Waals surface area (Å²) in [7, 11) is 5.94. The highest BCUT2D eigenvalue weighted by molar-refractivity contribution is 5.78. The summed E-state index contributed by atoms with van der Waals surface area (Å²) in [5.74, 6) is 1.10. The lowest BCUT2D eigenvalue weighted by Crippen LogP contribution is -2.49. The number of anilines is 2. The van der Waals surface area contributed by atoms with Gasteiger partial charge < -0.3 is 19.4 Å². The zero-order valence-electron chi connectivity index (χ0n) is 18.7. The van der Waals surface area contributed by atoms with Crippen LogP contribution >= 0.6 is 0 Å². The molecular weight excluding hydrogens is 376 g/mol. The van der Waals surface area contributed by atoms with E-state index in [2.05, 4.69) is 45.0 Å². The Morgan fingerprint density at radius 2 is 1.63 bits per heavy atom. The van der Waals surface area contributed by atoms with E-state index in [1.54, 1.807) is 0 Å². The van der Waals surface area contributed by atoms with Gasteiger partial charge >= 0.3 is 0 Å². The van der Waals surface area contributed by atoms with Crippen molar-refractivity contribution < 1.29 is 9.53 Å². The number of nitrogens with zero attached hydrogens (tertiary/aromatic N) is 4. The summed E-state index contributed by atoms with van der Waals surface area (Å²) in [6, 6.07) is 16.6. The Bertz CT molecular complexity index is 814. The lowest BCUT2D eigenvalue weighted by atomic mass is 10.2. The number of carbonyl (C=O) groups excluding carboxylic acids is 1. The summed E-state index contributed by atoms with van der Waals surface area (Å²) < 4.78 is 5.77. The van der Waals surface area contributed by atoms with Crippen molar-refractivity contribution in [2.45, 2.75) is 13.5 Å². The first kappa shape index (κ1) is 22.0. The largest absolute Gasteiger partial charge is 0.492 e. The monoisotopic (exact) mass is 410 g/mol. The van der Waals surface area contributed by atoms with Crippen LogP contribution in [0.15, 0.2) is 48.5 Å². The number of rotatable bonds is 8. The molecule has 162 valence electrons. The molecular formula is C24H34N4O2. The second-order valence-corrected chi connectivity index (χ2v) is 7.97. The number of hydrogen-bond acceptors (Lipinski definition) is 5. The standard InChI is InChI=1S/C24H34N4O2/c1-5-30-23-9-7-6-8-22(23)28-16-14-27(15-17-28)19-24(29)26(4)18-20-10-12-21(13-11-20)25(2)3/h6-13H,5,14-19H2,1-4H3. The van der Waals surface area contributed by atoms with E-state index in [0.29, 0.717) is 19.7 Å². The fraction of sp³-hybridized carbons (Fsp3) is 0.458. The first-order valence-corrected chi connectivity index (χ1v) is 10.7. The van der Waals surface area contributed by atoms with E-state index in [0.717, 1.165) is 48.9 Å². The second kappa shape index (κ2) is 10.3. The summed E-state index contributed by atoms with van der Waals surface area (Å²) in [6.07, 6.45) is 0. The molecule has 0 bridgehead atoms. The Kier molecular flexibility index (Phi) is 7.57. The predicted molar refractivity (Wildman–Crippen MR) is 124 cm³/mol. The summed E-state index contributed by atoms with van der Waals surface area (Å²) in [5, 5.41) is 0. The van der Waals surface area contributed by atoms with Crippen molar-refractivity contribution in [3.8, 4) is 5.75 Å². The van der Waals surface area contributed by atoms with Gasteiger partial charge in [-0.3, -0.25) is 9.69 Å². The normalized spacial score (nSPS) is 14.5. The maximum Gasteiger partial charge on any atom is 0.236 e. The van der Waals surface area contributed by atoms with Crippen molar-refractivity contribution in [2.24, 2.45) is 0 Å². The Balaban J connectivity index is 1.49. The van der Waals surface area contributed by atoms with Gasteiger partial charge in [-0.25, -0.2) is 0 Å². The third-order valence-corrected chi connectivity index (χ3v) is 5.54. The minimum absolute atomic E-state index is 0.162. The molecule has 0 saturated carbocycles. The molecule has 1 amide bonds. The van der Waals surface area contributed by atoms with Crippen molar-refractivity contribution in [3.63, 3.8) is 0 Å². The quantitative estimate of drug-likeness (QED) is 0.669. The number of likely N-dealkylation sites (N-methyl/N-ethyl adjacent to an activating group) is 1. The molecule has 1 heterocycles. The molecule has 0 atom stereocenters. The molecule has 6 nitrogen and oxygen atoms in total. The maximum atomic E-state index is 12.7. The average molecular weight is 411 g/mol. The van der Waals surface area contributed by atoms with Crippen LogP contribution in [0.3, 0.4) is 0 Å². The molecule has 1 fully saturated rings. The van der Waals surface area contributed by atoms with Crippen molar-refractivity contribution in [1.29, 1.82) is 0 Å². The van der Waals surface area contributed by atoms with Crippen molar-refractivity contribution >= 4 is 17.3 Å². The van der Waals surface area contributed by atoms with Gasteiger partial charge in [-0.05, 0) is 36.8 Å². The molecule has 3 rings (SSSR count). The average Bonchev–Trinajstić information content (AvgIpc) is 2.75. The SMILES string of the molecule is CCOc1ccccc1N1CCN(CC(=O)N(C)Cc2ccc(N(C)C)cc2)CC1. The summed E-state index contributed by atoms with van der Waals surface area (Å²) in [4.78, 5) is 21.2. The predicted octanol–water partition coefficient (Wildman–Crippen LogP) is 2.93. The molecule has 0 N–H and O–H groups in total. The molecule has 2 aromatic carbocycles. The van der Waals surface area contributed by atoms with Crippen LogP contribution in [0.25, 0.3) is 0 Å². The van der Waals surface area contributed by atoms with Crippen LogP contribution in [0, 0.1) is 0 Å². The van der Waals surface area contributed by atoms with Gasteiger partial charge in [-0.2, -0.15) is 0 Å². The third-order valence-electron chi connectivity index (χ3n) is 5.54. The number of hydrogen-bond donors (Lipinski definition) is 0. The van der Waals surface area contributed by atoms with Crippen molar-refractivity contribution in [3.05, 3.63) is 54.1 Å². The number of para-hydroxylation sites is 2. The lowest BCUT2D eigenvalue weighted by molar-refractivity contribution is -0.131. The van der Waals surface area contributed by atoms with Gasteiger partial charge in [-0.1, -0.05) is 24.3 Å². The Labute approximate surface area is 180 Å². The van der Waals surface area contributed by atoms with Gasteiger partial charge in [0.25, 0.3) is 0 Å². The van der Waals surface area contributed by atoms with Gasteiger partial charge in [0.15, 0.2) is 0 Å². The van der Waals surface area contributed by atoms with Crippen LogP contribution in [0.4, 0.5) is 11.4 Å². The highest BCUT2D eigenvalue weighted by atomic mass is 16.5. The molecule has 0 spiro atoms. The van der Waals surface area contributed by atoms with Crippen LogP contribution in [-0.4, -0.2) is 76.2 Å². The molecule has 1 aliphatic rings. The van der Waals surface area contributed by atoms with Crippen LogP contribution in [0.2, 0.25) is 0 Å². The molecule has 30 heavy (non-hydrogen) atoms. The number of ether oxygens (including phenoxy) is 1. The fourth-order valence-corrected chi connectivity index (χ4v) is 3.72. The maximum absolute atomic E-state index is 12.7. The van der Waals surface area contributed by atoms with Gasteiger partial charge in [0, 0.05) is 59.6 Å².